The number of ether oxygens (including phenoxy) is 3. The van der Waals surface area contributed by atoms with Gasteiger partial charge in [0.25, 0.3) is 11.8 Å². The van der Waals surface area contributed by atoms with Crippen LogP contribution in [0, 0.1) is 0 Å². The molecule has 0 aliphatic carbocycles. The van der Waals surface area contributed by atoms with Crippen molar-refractivity contribution in [1.29, 1.82) is 0 Å². The third-order valence-corrected chi connectivity index (χ3v) is 5.13. The lowest BCUT2D eigenvalue weighted by atomic mass is 10.1. The van der Waals surface area contributed by atoms with E-state index in [-0.39, 0.29) is 25.3 Å². The highest BCUT2D eigenvalue weighted by Crippen LogP contribution is 2.33. The molecule has 0 bridgehead atoms. The molecule has 2 amide bonds. The summed E-state index contributed by atoms with van der Waals surface area (Å²) in [6.07, 6.45) is -0.206. The number of benzene rings is 2. The van der Waals surface area contributed by atoms with Crippen LogP contribution in [0.3, 0.4) is 0 Å². The van der Waals surface area contributed by atoms with Crippen LogP contribution < -0.4 is 19.7 Å². The SMILES string of the molecule is C[C@@H]1Cc2ccccc2N1C(=O)[C@@H](C)OC(=O)CNC(=O)c1ccc2c(c1)OCO2. The fraction of sp³-hybridized carbons (Fsp3) is 0.318. The van der Waals surface area contributed by atoms with Crippen molar-refractivity contribution in [2.45, 2.75) is 32.4 Å². The van der Waals surface area contributed by atoms with Gasteiger partial charge in [0.2, 0.25) is 6.79 Å². The maximum atomic E-state index is 12.9. The van der Waals surface area contributed by atoms with Gasteiger partial charge in [0.05, 0.1) is 0 Å². The molecular weight excluding hydrogens is 388 g/mol. The van der Waals surface area contributed by atoms with E-state index in [1.807, 2.05) is 31.2 Å². The van der Waals surface area contributed by atoms with Crippen LogP contribution in [0.4, 0.5) is 5.69 Å². The number of carbonyl (C=O) groups excluding carboxylic acids is 3. The molecule has 1 N–H and O–H groups in total. The number of fused-ring (bicyclic) bond motifs is 2. The van der Waals surface area contributed by atoms with E-state index >= 15 is 0 Å². The number of anilines is 1. The summed E-state index contributed by atoms with van der Waals surface area (Å²) in [5.74, 6) is -0.389. The van der Waals surface area contributed by atoms with Gasteiger partial charge in [-0.05, 0) is 50.1 Å². The van der Waals surface area contributed by atoms with E-state index in [1.165, 1.54) is 6.92 Å². The molecule has 8 heteroatoms. The van der Waals surface area contributed by atoms with E-state index in [0.29, 0.717) is 17.1 Å². The van der Waals surface area contributed by atoms with E-state index in [0.717, 1.165) is 17.7 Å². The van der Waals surface area contributed by atoms with Crippen LogP contribution in [0.5, 0.6) is 11.5 Å². The molecule has 4 rings (SSSR count). The molecule has 2 aliphatic rings. The smallest absolute Gasteiger partial charge is 0.326 e. The van der Waals surface area contributed by atoms with Crippen molar-refractivity contribution in [3.8, 4) is 11.5 Å². The van der Waals surface area contributed by atoms with Gasteiger partial charge in [-0.2, -0.15) is 0 Å². The number of rotatable bonds is 5. The van der Waals surface area contributed by atoms with Crippen LogP contribution in [0.2, 0.25) is 0 Å². The molecular formula is C22H22N2O6. The zero-order valence-electron chi connectivity index (χ0n) is 16.7. The third kappa shape index (κ3) is 3.80. The summed E-state index contributed by atoms with van der Waals surface area (Å²) >= 11 is 0. The van der Waals surface area contributed by atoms with Crippen molar-refractivity contribution in [3.63, 3.8) is 0 Å². The molecule has 0 spiro atoms. The van der Waals surface area contributed by atoms with Crippen molar-refractivity contribution in [1.82, 2.24) is 5.32 Å². The molecule has 8 nitrogen and oxygen atoms in total. The maximum Gasteiger partial charge on any atom is 0.326 e. The Bertz CT molecular complexity index is 1000. The minimum Gasteiger partial charge on any atom is -0.454 e. The van der Waals surface area contributed by atoms with Crippen LogP contribution in [0.25, 0.3) is 0 Å². The average Bonchev–Trinajstić information content (AvgIpc) is 3.33. The number of carbonyl (C=O) groups is 3. The Balaban J connectivity index is 1.31. The van der Waals surface area contributed by atoms with E-state index in [9.17, 15) is 14.4 Å². The normalized spacial score (nSPS) is 17.3. The maximum absolute atomic E-state index is 12.9. The first-order valence-corrected chi connectivity index (χ1v) is 9.72. The van der Waals surface area contributed by atoms with E-state index in [1.54, 1.807) is 23.1 Å². The molecule has 0 radical (unpaired) electrons. The first-order valence-electron chi connectivity index (χ1n) is 9.72. The molecule has 0 saturated heterocycles. The molecule has 0 aromatic heterocycles. The van der Waals surface area contributed by atoms with E-state index in [2.05, 4.69) is 5.32 Å². The lowest BCUT2D eigenvalue weighted by Crippen LogP contribution is -2.44. The number of para-hydroxylation sites is 1. The Morgan fingerprint density at radius 2 is 1.93 bits per heavy atom. The molecule has 2 aromatic carbocycles. The van der Waals surface area contributed by atoms with E-state index in [4.69, 9.17) is 14.2 Å². The molecule has 0 unspecified atom stereocenters. The zero-order chi connectivity index (χ0) is 21.3. The van der Waals surface area contributed by atoms with Gasteiger partial charge in [0.1, 0.15) is 6.54 Å². The second-order valence-electron chi connectivity index (χ2n) is 7.27. The van der Waals surface area contributed by atoms with Gasteiger partial charge in [-0.1, -0.05) is 18.2 Å². The van der Waals surface area contributed by atoms with Gasteiger partial charge in [-0.15, -0.1) is 0 Å². The standard InChI is InChI=1S/C22H22N2O6/c1-13-9-15-5-3-4-6-17(15)24(13)22(27)14(2)30-20(25)11-23-21(26)16-7-8-18-19(10-16)29-12-28-18/h3-8,10,13-14H,9,11-12H2,1-2H3,(H,23,26)/t13-,14-/m1/s1. The molecule has 0 fully saturated rings. The van der Waals surface area contributed by atoms with Gasteiger partial charge >= 0.3 is 5.97 Å². The van der Waals surface area contributed by atoms with Gasteiger partial charge in [-0.3, -0.25) is 14.4 Å². The van der Waals surface area contributed by atoms with Crippen molar-refractivity contribution in [2.75, 3.05) is 18.2 Å². The van der Waals surface area contributed by atoms with Crippen LogP contribution in [0.15, 0.2) is 42.5 Å². The number of hydrogen-bond donors (Lipinski definition) is 1. The monoisotopic (exact) mass is 410 g/mol. The van der Waals surface area contributed by atoms with E-state index < -0.39 is 18.0 Å². The second-order valence-corrected chi connectivity index (χ2v) is 7.27. The largest absolute Gasteiger partial charge is 0.454 e. The molecule has 30 heavy (non-hydrogen) atoms. The summed E-state index contributed by atoms with van der Waals surface area (Å²) in [7, 11) is 0. The Morgan fingerprint density at radius 3 is 2.77 bits per heavy atom. The summed E-state index contributed by atoms with van der Waals surface area (Å²) in [6.45, 7) is 3.25. The lowest BCUT2D eigenvalue weighted by molar-refractivity contribution is -0.152. The fourth-order valence-electron chi connectivity index (χ4n) is 3.68. The number of nitrogens with zero attached hydrogens (tertiary/aromatic N) is 1. The van der Waals surface area contributed by atoms with Gasteiger partial charge in [-0.25, -0.2) is 0 Å². The predicted molar refractivity (Wildman–Crippen MR) is 108 cm³/mol. The molecule has 2 atom stereocenters. The Hall–Kier alpha value is -3.55. The zero-order valence-corrected chi connectivity index (χ0v) is 16.7. The van der Waals surface area contributed by atoms with Crippen molar-refractivity contribution in [2.24, 2.45) is 0 Å². The van der Waals surface area contributed by atoms with Crippen LogP contribution in [0.1, 0.15) is 29.8 Å². The summed E-state index contributed by atoms with van der Waals surface area (Å²) in [5.41, 5.74) is 2.26. The van der Waals surface area contributed by atoms with Crippen molar-refractivity contribution < 1.29 is 28.6 Å². The minimum atomic E-state index is -0.964. The third-order valence-electron chi connectivity index (χ3n) is 5.13. The molecule has 0 saturated carbocycles. The average molecular weight is 410 g/mol. The summed E-state index contributed by atoms with van der Waals surface area (Å²) in [4.78, 5) is 39.0. The predicted octanol–water partition coefficient (Wildman–Crippen LogP) is 2.05. The van der Waals surface area contributed by atoms with Gasteiger partial charge in [0, 0.05) is 17.3 Å². The molecule has 2 aromatic rings. The summed E-state index contributed by atoms with van der Waals surface area (Å²) in [6, 6.07) is 12.4. The minimum absolute atomic E-state index is 0.0123. The fourth-order valence-corrected chi connectivity index (χ4v) is 3.68. The van der Waals surface area contributed by atoms with Gasteiger partial charge < -0.3 is 24.4 Å². The number of amides is 2. The van der Waals surface area contributed by atoms with Gasteiger partial charge in [0.15, 0.2) is 17.6 Å². The topological polar surface area (TPSA) is 94.2 Å². The summed E-state index contributed by atoms with van der Waals surface area (Å²) < 4.78 is 15.7. The molecule has 156 valence electrons. The molecule has 2 aliphatic heterocycles. The number of hydrogen-bond acceptors (Lipinski definition) is 6. The Morgan fingerprint density at radius 1 is 1.17 bits per heavy atom. The van der Waals surface area contributed by atoms with Crippen LogP contribution in [-0.2, 0) is 20.7 Å². The highest BCUT2D eigenvalue weighted by Gasteiger charge is 2.34. The highest BCUT2D eigenvalue weighted by molar-refractivity contribution is 6.00. The van der Waals surface area contributed by atoms with Crippen LogP contribution in [-0.4, -0.2) is 43.3 Å². The first-order chi connectivity index (χ1) is 14.4. The Labute approximate surface area is 173 Å². The second kappa shape index (κ2) is 8.06. The number of nitrogens with one attached hydrogen (secondary N) is 1. The first kappa shape index (κ1) is 19.8. The quantitative estimate of drug-likeness (QED) is 0.759. The Kier molecular flexibility index (Phi) is 5.31. The summed E-state index contributed by atoms with van der Waals surface area (Å²) in [5, 5.41) is 2.49. The lowest BCUT2D eigenvalue weighted by Gasteiger charge is -2.26. The van der Waals surface area contributed by atoms with Crippen LogP contribution >= 0.6 is 0 Å². The van der Waals surface area contributed by atoms with Crippen molar-refractivity contribution >= 4 is 23.5 Å². The highest BCUT2D eigenvalue weighted by atomic mass is 16.7. The molecule has 2 heterocycles. The van der Waals surface area contributed by atoms with Crippen molar-refractivity contribution in [3.05, 3.63) is 53.6 Å². The number of esters is 1.